The number of thiazole rings is 2. The molecular weight excluding hydrogens is 569 g/mol. The third kappa shape index (κ3) is 3.21. The second-order valence-corrected chi connectivity index (χ2v) is 12.8. The fourth-order valence-electron chi connectivity index (χ4n) is 5.75. The summed E-state index contributed by atoms with van der Waals surface area (Å²) in [5.41, 5.74) is 6.75. The van der Waals surface area contributed by atoms with E-state index in [0.29, 0.717) is 21.8 Å². The third-order valence-electron chi connectivity index (χ3n) is 8.26. The van der Waals surface area contributed by atoms with Gasteiger partial charge in [-0.3, -0.25) is 19.2 Å². The Kier molecular flexibility index (Phi) is 4.97. The van der Waals surface area contributed by atoms with Gasteiger partial charge in [0.2, 0.25) is 10.3 Å². The normalized spacial score (nSPS) is 14.8. The Bertz CT molecular complexity index is 1990. The Hall–Kier alpha value is -4.80. The van der Waals surface area contributed by atoms with Gasteiger partial charge >= 0.3 is 0 Å². The van der Waals surface area contributed by atoms with Crippen molar-refractivity contribution in [2.75, 3.05) is 9.80 Å². The molecule has 0 atom stereocenters. The first-order valence-electron chi connectivity index (χ1n) is 13.2. The van der Waals surface area contributed by atoms with Gasteiger partial charge in [0, 0.05) is 33.0 Å². The van der Waals surface area contributed by atoms with Crippen LogP contribution in [0.4, 0.5) is 10.3 Å². The minimum atomic E-state index is -0.539. The first-order valence-corrected chi connectivity index (χ1v) is 14.9. The van der Waals surface area contributed by atoms with Crippen molar-refractivity contribution in [3.63, 3.8) is 0 Å². The highest BCUT2D eigenvalue weighted by atomic mass is 32.1. The summed E-state index contributed by atoms with van der Waals surface area (Å²) in [7, 11) is 0. The van der Waals surface area contributed by atoms with Crippen LogP contribution in [0.5, 0.6) is 0 Å². The molecule has 0 aliphatic carbocycles. The van der Waals surface area contributed by atoms with Crippen molar-refractivity contribution in [3.05, 3.63) is 93.0 Å². The van der Waals surface area contributed by atoms with Gasteiger partial charge in [0.15, 0.2) is 0 Å². The SMILES string of the molecule is Cc1cc2nc(N3C(=O)c4ccc5c6c(ccc(c46)C3=O)C(=O)N(c3nc4cc(C)c(C)cc4s3)C5=O)sc2cc1C. The molecule has 42 heavy (non-hydrogen) atoms. The van der Waals surface area contributed by atoms with E-state index in [1.807, 2.05) is 52.0 Å². The molecule has 6 aromatic rings. The van der Waals surface area contributed by atoms with E-state index in [9.17, 15) is 19.2 Å². The van der Waals surface area contributed by atoms with Crippen LogP contribution in [0, 0.1) is 27.7 Å². The average Bonchev–Trinajstić information content (AvgIpc) is 3.54. The van der Waals surface area contributed by atoms with Gasteiger partial charge in [-0.05, 0) is 98.5 Å². The van der Waals surface area contributed by atoms with Gasteiger partial charge in [0.25, 0.3) is 23.6 Å². The Balaban J connectivity index is 1.27. The molecule has 0 fully saturated rings. The van der Waals surface area contributed by atoms with Crippen LogP contribution in [0.25, 0.3) is 31.2 Å². The zero-order valence-electron chi connectivity index (χ0n) is 22.9. The second kappa shape index (κ2) is 8.37. The molecular formula is C32H20N4O4S2. The monoisotopic (exact) mass is 588 g/mol. The summed E-state index contributed by atoms with van der Waals surface area (Å²) in [6.45, 7) is 7.99. The van der Waals surface area contributed by atoms with Crippen LogP contribution in [0.2, 0.25) is 0 Å². The number of hydrogen-bond acceptors (Lipinski definition) is 8. The predicted octanol–water partition coefficient (Wildman–Crippen LogP) is 6.89. The topological polar surface area (TPSA) is 101 Å². The standard InChI is InChI=1S/C32H20N4O4S2/c1-13-9-21-23(11-15(13)3)41-31(33-21)35-27(37)17-5-7-19-26-20(8-6-18(25(17)26)28(35)38)30(40)36(29(19)39)32-34-22-10-14(2)16(4)12-24(22)42-32/h5-12H,1-4H3. The molecule has 4 aromatic carbocycles. The average molecular weight is 589 g/mol. The first kappa shape index (κ1) is 25.0. The Morgan fingerprint density at radius 3 is 1.14 bits per heavy atom. The molecule has 8 rings (SSSR count). The fraction of sp³-hybridized carbons (Fsp3) is 0.125. The van der Waals surface area contributed by atoms with E-state index < -0.39 is 23.6 Å². The first-order chi connectivity index (χ1) is 20.1. The zero-order valence-corrected chi connectivity index (χ0v) is 24.5. The molecule has 0 unspecified atom stereocenters. The van der Waals surface area contributed by atoms with Gasteiger partial charge in [-0.2, -0.15) is 0 Å². The van der Waals surface area contributed by atoms with Gasteiger partial charge in [0.05, 0.1) is 20.4 Å². The van der Waals surface area contributed by atoms with E-state index in [-0.39, 0.29) is 32.5 Å². The lowest BCUT2D eigenvalue weighted by atomic mass is 9.86. The maximum atomic E-state index is 13.8. The van der Waals surface area contributed by atoms with Gasteiger partial charge in [-0.15, -0.1) is 0 Å². The summed E-state index contributed by atoms with van der Waals surface area (Å²) in [6.07, 6.45) is 0. The minimum absolute atomic E-state index is 0.247. The van der Waals surface area contributed by atoms with Crippen LogP contribution >= 0.6 is 22.7 Å². The van der Waals surface area contributed by atoms with Gasteiger partial charge in [-0.25, -0.2) is 19.8 Å². The smallest absolute Gasteiger partial charge is 0.267 e. The van der Waals surface area contributed by atoms with Crippen LogP contribution in [0.1, 0.15) is 63.7 Å². The van der Waals surface area contributed by atoms with Crippen LogP contribution < -0.4 is 9.80 Å². The van der Waals surface area contributed by atoms with Crippen molar-refractivity contribution in [1.82, 2.24) is 9.97 Å². The van der Waals surface area contributed by atoms with E-state index in [1.54, 1.807) is 24.3 Å². The maximum absolute atomic E-state index is 13.8. The highest BCUT2D eigenvalue weighted by Crippen LogP contribution is 2.42. The number of aromatic nitrogens is 2. The molecule has 4 amide bonds. The molecule has 0 saturated heterocycles. The quantitative estimate of drug-likeness (QED) is 0.204. The van der Waals surface area contributed by atoms with Gasteiger partial charge in [-0.1, -0.05) is 22.7 Å². The van der Waals surface area contributed by atoms with E-state index in [0.717, 1.165) is 41.5 Å². The van der Waals surface area contributed by atoms with Crippen LogP contribution in [0.15, 0.2) is 48.5 Å². The molecule has 4 heterocycles. The third-order valence-corrected chi connectivity index (χ3v) is 10.3. The molecule has 8 nitrogen and oxygen atoms in total. The van der Waals surface area contributed by atoms with Crippen molar-refractivity contribution in [2.45, 2.75) is 27.7 Å². The van der Waals surface area contributed by atoms with Crippen molar-refractivity contribution in [2.24, 2.45) is 0 Å². The highest BCUT2D eigenvalue weighted by molar-refractivity contribution is 7.23. The number of anilines is 2. The summed E-state index contributed by atoms with van der Waals surface area (Å²) < 4.78 is 1.75. The molecule has 0 radical (unpaired) electrons. The van der Waals surface area contributed by atoms with Crippen molar-refractivity contribution >= 4 is 87.8 Å². The molecule has 2 aliphatic rings. The molecule has 2 aromatic heterocycles. The molecule has 0 spiro atoms. The number of rotatable bonds is 2. The van der Waals surface area contributed by atoms with Gasteiger partial charge < -0.3 is 0 Å². The Morgan fingerprint density at radius 2 is 0.810 bits per heavy atom. The molecule has 0 saturated carbocycles. The summed E-state index contributed by atoms with van der Waals surface area (Å²) in [6, 6.07) is 14.1. The number of nitrogens with zero attached hydrogens (tertiary/aromatic N) is 4. The predicted molar refractivity (Wildman–Crippen MR) is 164 cm³/mol. The minimum Gasteiger partial charge on any atom is -0.268 e. The number of carbonyl (C=O) groups is 4. The maximum Gasteiger partial charge on any atom is 0.267 e. The Labute approximate surface area is 246 Å². The molecule has 0 N–H and O–H groups in total. The van der Waals surface area contributed by atoms with Crippen LogP contribution in [0.3, 0.4) is 0 Å². The summed E-state index contributed by atoms with van der Waals surface area (Å²) in [5, 5.41) is 1.20. The number of imide groups is 2. The molecule has 204 valence electrons. The second-order valence-electron chi connectivity index (χ2n) is 10.8. The van der Waals surface area contributed by atoms with E-state index >= 15 is 0 Å². The number of carbonyl (C=O) groups excluding carboxylic acids is 4. The highest BCUT2D eigenvalue weighted by Gasteiger charge is 2.42. The number of benzene rings is 4. The lowest BCUT2D eigenvalue weighted by Crippen LogP contribution is -2.43. The molecule has 2 aliphatic heterocycles. The summed E-state index contributed by atoms with van der Waals surface area (Å²) in [5.74, 6) is -2.16. The van der Waals surface area contributed by atoms with Crippen molar-refractivity contribution in [1.29, 1.82) is 0 Å². The molecule has 0 bridgehead atoms. The largest absolute Gasteiger partial charge is 0.268 e. The van der Waals surface area contributed by atoms with E-state index in [4.69, 9.17) is 0 Å². The number of fused-ring (bicyclic) bond motifs is 2. The van der Waals surface area contributed by atoms with Crippen molar-refractivity contribution < 1.29 is 19.2 Å². The van der Waals surface area contributed by atoms with Crippen molar-refractivity contribution in [3.8, 4) is 0 Å². The van der Waals surface area contributed by atoms with Crippen LogP contribution in [-0.4, -0.2) is 33.6 Å². The Morgan fingerprint density at radius 1 is 0.500 bits per heavy atom. The lowest BCUT2D eigenvalue weighted by molar-refractivity contribution is 0.0873. The number of amides is 4. The molecule has 10 heteroatoms. The van der Waals surface area contributed by atoms with E-state index in [2.05, 4.69) is 9.97 Å². The summed E-state index contributed by atoms with van der Waals surface area (Å²) in [4.78, 5) is 66.8. The fourth-order valence-corrected chi connectivity index (χ4v) is 7.83. The zero-order chi connectivity index (χ0) is 29.2. The van der Waals surface area contributed by atoms with Gasteiger partial charge in [0.1, 0.15) is 0 Å². The lowest BCUT2D eigenvalue weighted by Gasteiger charge is -2.30. The number of aryl methyl sites for hydroxylation is 4. The van der Waals surface area contributed by atoms with Crippen LogP contribution in [-0.2, 0) is 0 Å². The summed E-state index contributed by atoms with van der Waals surface area (Å²) >= 11 is 2.55. The number of hydrogen-bond donors (Lipinski definition) is 0. The van der Waals surface area contributed by atoms with E-state index in [1.165, 1.54) is 22.7 Å².